The number of carbonyl (C=O) groups is 2. The molecule has 142 valence electrons. The first-order chi connectivity index (χ1) is 13.2. The molecule has 1 aliphatic rings. The van der Waals surface area contributed by atoms with E-state index in [0.717, 1.165) is 24.8 Å². The fraction of sp³-hybridized carbons (Fsp3) is 0.333. The van der Waals surface area contributed by atoms with Crippen LogP contribution in [0.1, 0.15) is 31.2 Å². The lowest BCUT2D eigenvalue weighted by atomic mass is 9.93. The molecule has 2 aromatic carbocycles. The van der Waals surface area contributed by atoms with Crippen molar-refractivity contribution in [2.24, 2.45) is 0 Å². The molecule has 0 heterocycles. The third kappa shape index (κ3) is 6.33. The van der Waals surface area contributed by atoms with Gasteiger partial charge >= 0.3 is 12.1 Å². The van der Waals surface area contributed by atoms with Crippen molar-refractivity contribution in [2.75, 3.05) is 5.32 Å². The third-order valence-corrected chi connectivity index (χ3v) is 4.55. The van der Waals surface area contributed by atoms with Gasteiger partial charge in [-0.15, -0.1) is 0 Å². The number of urea groups is 1. The third-order valence-electron chi connectivity index (χ3n) is 4.55. The van der Waals surface area contributed by atoms with Crippen molar-refractivity contribution in [3.63, 3.8) is 0 Å². The van der Waals surface area contributed by atoms with Gasteiger partial charge in [-0.25, -0.2) is 9.59 Å². The van der Waals surface area contributed by atoms with Gasteiger partial charge in [0.15, 0.2) is 0 Å². The molecule has 2 unspecified atom stereocenters. The van der Waals surface area contributed by atoms with Gasteiger partial charge < -0.3 is 15.4 Å². The summed E-state index contributed by atoms with van der Waals surface area (Å²) in [5.41, 5.74) is 1.75. The first kappa shape index (κ1) is 18.8. The van der Waals surface area contributed by atoms with Crippen molar-refractivity contribution >= 4 is 17.8 Å². The number of carbonyl (C=O) groups excluding carboxylic acids is 2. The van der Waals surface area contributed by atoms with Crippen LogP contribution in [0.25, 0.3) is 0 Å². The highest BCUT2D eigenvalue weighted by molar-refractivity contribution is 5.84. The van der Waals surface area contributed by atoms with Crippen LogP contribution in [0.2, 0.25) is 0 Å². The topological polar surface area (TPSA) is 79.5 Å². The number of rotatable bonds is 5. The molecule has 27 heavy (non-hydrogen) atoms. The van der Waals surface area contributed by atoms with Crippen molar-refractivity contribution in [3.8, 4) is 0 Å². The molecule has 1 aliphatic carbocycles. The van der Waals surface area contributed by atoms with Crippen molar-refractivity contribution in [3.05, 3.63) is 66.2 Å². The van der Waals surface area contributed by atoms with E-state index in [-0.39, 0.29) is 18.2 Å². The Morgan fingerprint density at radius 2 is 1.67 bits per heavy atom. The van der Waals surface area contributed by atoms with Gasteiger partial charge in [0.25, 0.3) is 0 Å². The normalized spacial score (nSPS) is 19.0. The first-order valence-corrected chi connectivity index (χ1v) is 9.30. The Bertz CT molecular complexity index is 737. The molecule has 6 nitrogen and oxygen atoms in total. The first-order valence-electron chi connectivity index (χ1n) is 9.30. The minimum atomic E-state index is -0.458. The van der Waals surface area contributed by atoms with Crippen LogP contribution >= 0.6 is 0 Å². The predicted octanol–water partition coefficient (Wildman–Crippen LogP) is 4.05. The molecule has 1 saturated carbocycles. The molecule has 3 amide bonds. The van der Waals surface area contributed by atoms with Crippen LogP contribution in [0, 0.1) is 0 Å². The summed E-state index contributed by atoms with van der Waals surface area (Å²) < 4.78 is 5.51. The molecule has 3 N–H and O–H groups in total. The van der Waals surface area contributed by atoms with E-state index in [2.05, 4.69) is 16.0 Å². The van der Waals surface area contributed by atoms with E-state index in [0.29, 0.717) is 18.7 Å². The molecular weight excluding hydrogens is 342 g/mol. The van der Waals surface area contributed by atoms with Crippen LogP contribution in [-0.4, -0.2) is 24.3 Å². The Morgan fingerprint density at radius 3 is 2.41 bits per heavy atom. The zero-order valence-corrected chi connectivity index (χ0v) is 15.2. The van der Waals surface area contributed by atoms with E-state index in [9.17, 15) is 9.59 Å². The second-order valence-electron chi connectivity index (χ2n) is 6.69. The Labute approximate surface area is 159 Å². The maximum Gasteiger partial charge on any atom is 0.411 e. The monoisotopic (exact) mass is 367 g/mol. The summed E-state index contributed by atoms with van der Waals surface area (Å²) >= 11 is 0. The molecule has 2 atom stereocenters. The van der Waals surface area contributed by atoms with E-state index in [1.165, 1.54) is 0 Å². The Kier molecular flexibility index (Phi) is 6.68. The van der Waals surface area contributed by atoms with Crippen LogP contribution in [0.4, 0.5) is 15.3 Å². The van der Waals surface area contributed by atoms with Crippen LogP contribution < -0.4 is 16.0 Å². The number of para-hydroxylation sites is 1. The van der Waals surface area contributed by atoms with Crippen LogP contribution in [0.15, 0.2) is 60.7 Å². The molecule has 0 saturated heterocycles. The lowest BCUT2D eigenvalue weighted by Gasteiger charge is -2.29. The average molecular weight is 367 g/mol. The Balaban J connectivity index is 1.40. The second kappa shape index (κ2) is 9.62. The van der Waals surface area contributed by atoms with Crippen LogP contribution in [0.3, 0.4) is 0 Å². The summed E-state index contributed by atoms with van der Waals surface area (Å²) in [6.45, 7) is 0.485. The van der Waals surface area contributed by atoms with Gasteiger partial charge in [-0.2, -0.15) is 0 Å². The number of amides is 3. The van der Waals surface area contributed by atoms with Gasteiger partial charge in [-0.3, -0.25) is 5.32 Å². The number of hydrogen-bond donors (Lipinski definition) is 3. The van der Waals surface area contributed by atoms with E-state index in [4.69, 9.17) is 4.74 Å². The SMILES string of the molecule is O=C(NCc1ccccc1)NC1CCCC(OC(=O)Nc2ccccc2)C1. The standard InChI is InChI=1S/C21H25N3O3/c25-20(22-15-16-8-3-1-4-9-16)23-18-12-7-13-19(14-18)27-21(26)24-17-10-5-2-6-11-17/h1-6,8-11,18-19H,7,12-15H2,(H,24,26)(H2,22,23,25). The predicted molar refractivity (Wildman–Crippen MR) is 104 cm³/mol. The van der Waals surface area contributed by atoms with Gasteiger partial charge in [0, 0.05) is 24.7 Å². The highest BCUT2D eigenvalue weighted by Gasteiger charge is 2.26. The summed E-state index contributed by atoms with van der Waals surface area (Å²) in [5, 5.41) is 8.57. The average Bonchev–Trinajstić information content (AvgIpc) is 2.68. The number of nitrogens with one attached hydrogen (secondary N) is 3. The van der Waals surface area contributed by atoms with Crippen molar-refractivity contribution < 1.29 is 14.3 Å². The smallest absolute Gasteiger partial charge is 0.411 e. The number of benzene rings is 2. The van der Waals surface area contributed by atoms with E-state index < -0.39 is 6.09 Å². The maximum absolute atomic E-state index is 12.1. The molecule has 0 aliphatic heterocycles. The fourth-order valence-corrected chi connectivity index (χ4v) is 3.22. The summed E-state index contributed by atoms with van der Waals surface area (Å²) in [5.74, 6) is 0. The minimum Gasteiger partial charge on any atom is -0.446 e. The summed E-state index contributed by atoms with van der Waals surface area (Å²) in [7, 11) is 0. The quantitative estimate of drug-likeness (QED) is 0.746. The lowest BCUT2D eigenvalue weighted by molar-refractivity contribution is 0.0776. The lowest BCUT2D eigenvalue weighted by Crippen LogP contribution is -2.45. The molecule has 0 bridgehead atoms. The summed E-state index contributed by atoms with van der Waals surface area (Å²) in [4.78, 5) is 24.1. The number of hydrogen-bond acceptors (Lipinski definition) is 3. The molecule has 0 spiro atoms. The molecule has 3 rings (SSSR count). The van der Waals surface area contributed by atoms with Gasteiger partial charge in [-0.1, -0.05) is 48.5 Å². The van der Waals surface area contributed by atoms with Crippen molar-refractivity contribution in [1.29, 1.82) is 0 Å². The Morgan fingerprint density at radius 1 is 0.963 bits per heavy atom. The summed E-state index contributed by atoms with van der Waals surface area (Å²) in [6.07, 6.45) is 2.58. The molecule has 2 aromatic rings. The molecule has 0 aromatic heterocycles. The van der Waals surface area contributed by atoms with Gasteiger partial charge in [0.1, 0.15) is 6.10 Å². The summed E-state index contributed by atoms with van der Waals surface area (Å²) in [6, 6.07) is 18.8. The van der Waals surface area contributed by atoms with Crippen LogP contribution in [0.5, 0.6) is 0 Å². The highest BCUT2D eigenvalue weighted by atomic mass is 16.6. The van der Waals surface area contributed by atoms with Gasteiger partial charge in [-0.05, 0) is 37.0 Å². The van der Waals surface area contributed by atoms with E-state index >= 15 is 0 Å². The van der Waals surface area contributed by atoms with E-state index in [1.54, 1.807) is 0 Å². The molecule has 0 radical (unpaired) electrons. The van der Waals surface area contributed by atoms with Gasteiger partial charge in [0.05, 0.1) is 0 Å². The van der Waals surface area contributed by atoms with Crippen molar-refractivity contribution in [1.82, 2.24) is 10.6 Å². The zero-order chi connectivity index (χ0) is 18.9. The maximum atomic E-state index is 12.1. The number of anilines is 1. The molecular formula is C21H25N3O3. The van der Waals surface area contributed by atoms with Crippen molar-refractivity contribution in [2.45, 2.75) is 44.4 Å². The zero-order valence-electron chi connectivity index (χ0n) is 15.2. The Hall–Kier alpha value is -3.02. The minimum absolute atomic E-state index is 0.00375. The fourth-order valence-electron chi connectivity index (χ4n) is 3.22. The molecule has 6 heteroatoms. The number of ether oxygens (including phenoxy) is 1. The van der Waals surface area contributed by atoms with Crippen LogP contribution in [-0.2, 0) is 11.3 Å². The molecule has 1 fully saturated rings. The van der Waals surface area contributed by atoms with E-state index in [1.807, 2.05) is 60.7 Å². The van der Waals surface area contributed by atoms with Gasteiger partial charge in [0.2, 0.25) is 0 Å². The second-order valence-corrected chi connectivity index (χ2v) is 6.69. The largest absolute Gasteiger partial charge is 0.446 e. The highest BCUT2D eigenvalue weighted by Crippen LogP contribution is 2.22.